The zero-order chi connectivity index (χ0) is 10.9. The Bertz CT molecular complexity index is 132. The van der Waals surface area contributed by atoms with Crippen LogP contribution in [0, 0.1) is 0 Å². The van der Waals surface area contributed by atoms with Crippen molar-refractivity contribution in [1.29, 1.82) is 0 Å². The number of quaternary nitrogens is 1. The molecule has 0 radical (unpaired) electrons. The highest BCUT2D eigenvalue weighted by molar-refractivity contribution is 5.60. The summed E-state index contributed by atoms with van der Waals surface area (Å²) in [4.78, 5) is 8.89. The van der Waals surface area contributed by atoms with Gasteiger partial charge in [-0.15, -0.1) is 0 Å². The minimum Gasteiger partial charge on any atom is -0.550 e. The molecular formula is C9H22N2O2. The van der Waals surface area contributed by atoms with Gasteiger partial charge in [-0.2, -0.15) is 0 Å². The normalized spacial score (nSPS) is 10.2. The molecule has 0 bridgehead atoms. The highest BCUT2D eigenvalue weighted by atomic mass is 16.4. The van der Waals surface area contributed by atoms with E-state index in [1.54, 1.807) is 0 Å². The maximum absolute atomic E-state index is 8.89. The van der Waals surface area contributed by atoms with Crippen LogP contribution in [0.2, 0.25) is 0 Å². The van der Waals surface area contributed by atoms with Gasteiger partial charge in [-0.25, -0.2) is 0 Å². The third-order valence-corrected chi connectivity index (χ3v) is 1.82. The zero-order valence-electron chi connectivity index (χ0n) is 9.17. The Kier molecular flexibility index (Phi) is 9.17. The Morgan fingerprint density at radius 2 is 1.85 bits per heavy atom. The van der Waals surface area contributed by atoms with E-state index in [1.165, 1.54) is 13.1 Å². The molecule has 0 rings (SSSR count). The van der Waals surface area contributed by atoms with Gasteiger partial charge >= 0.3 is 0 Å². The Hall–Kier alpha value is -0.610. The summed E-state index contributed by atoms with van der Waals surface area (Å²) >= 11 is 0. The SMILES string of the molecule is CC(=O)[O-].CC[N+](C)(C)CCCN. The molecule has 0 fully saturated rings. The van der Waals surface area contributed by atoms with Crippen molar-refractivity contribution in [3.05, 3.63) is 0 Å². The van der Waals surface area contributed by atoms with Crippen LogP contribution in [0.15, 0.2) is 0 Å². The van der Waals surface area contributed by atoms with Crippen molar-refractivity contribution < 1.29 is 14.4 Å². The first-order valence-corrected chi connectivity index (χ1v) is 4.55. The second-order valence-electron chi connectivity index (χ2n) is 3.61. The van der Waals surface area contributed by atoms with Crippen LogP contribution < -0.4 is 10.8 Å². The van der Waals surface area contributed by atoms with Crippen molar-refractivity contribution in [3.8, 4) is 0 Å². The monoisotopic (exact) mass is 190 g/mol. The molecule has 0 aliphatic heterocycles. The van der Waals surface area contributed by atoms with Crippen LogP contribution in [-0.4, -0.2) is 44.2 Å². The summed E-state index contributed by atoms with van der Waals surface area (Å²) in [5, 5.41) is 8.89. The van der Waals surface area contributed by atoms with Gasteiger partial charge in [-0.05, 0) is 20.4 Å². The molecule has 0 aliphatic carbocycles. The smallest absolute Gasteiger partial charge is 0.0794 e. The van der Waals surface area contributed by atoms with Crippen LogP contribution in [0.4, 0.5) is 0 Å². The van der Waals surface area contributed by atoms with Gasteiger partial charge in [0.2, 0.25) is 0 Å². The minimum absolute atomic E-state index is 0.821. The molecule has 0 aromatic heterocycles. The average Bonchev–Trinajstić information content (AvgIpc) is 2.00. The molecule has 4 nitrogen and oxygen atoms in total. The Balaban J connectivity index is 0. The Morgan fingerprint density at radius 1 is 1.46 bits per heavy atom. The van der Waals surface area contributed by atoms with Crippen molar-refractivity contribution in [3.63, 3.8) is 0 Å². The molecule has 4 heteroatoms. The van der Waals surface area contributed by atoms with Gasteiger partial charge in [0, 0.05) is 12.4 Å². The van der Waals surface area contributed by atoms with Crippen LogP contribution in [0.3, 0.4) is 0 Å². The fraction of sp³-hybridized carbons (Fsp3) is 0.889. The maximum Gasteiger partial charge on any atom is 0.0794 e. The number of hydrogen-bond acceptors (Lipinski definition) is 3. The highest BCUT2D eigenvalue weighted by Crippen LogP contribution is 1.95. The van der Waals surface area contributed by atoms with E-state index < -0.39 is 5.97 Å². The lowest BCUT2D eigenvalue weighted by atomic mass is 10.3. The molecule has 0 saturated carbocycles. The third kappa shape index (κ3) is 18.4. The molecular weight excluding hydrogens is 168 g/mol. The predicted octanol–water partition coefficient (Wildman–Crippen LogP) is -0.812. The molecule has 0 spiro atoms. The second kappa shape index (κ2) is 8.01. The van der Waals surface area contributed by atoms with Gasteiger partial charge in [0.25, 0.3) is 0 Å². The van der Waals surface area contributed by atoms with Gasteiger partial charge < -0.3 is 20.1 Å². The first kappa shape index (κ1) is 14.9. The van der Waals surface area contributed by atoms with Crippen LogP contribution >= 0.6 is 0 Å². The van der Waals surface area contributed by atoms with Gasteiger partial charge in [-0.3, -0.25) is 0 Å². The largest absolute Gasteiger partial charge is 0.550 e. The van der Waals surface area contributed by atoms with E-state index in [-0.39, 0.29) is 0 Å². The van der Waals surface area contributed by atoms with E-state index in [9.17, 15) is 0 Å². The van der Waals surface area contributed by atoms with Crippen molar-refractivity contribution >= 4 is 5.97 Å². The van der Waals surface area contributed by atoms with Crippen LogP contribution in [0.1, 0.15) is 20.3 Å². The fourth-order valence-electron chi connectivity index (χ4n) is 0.677. The topological polar surface area (TPSA) is 66.1 Å². The number of carboxylic acid groups (broad SMARTS) is 1. The summed E-state index contributed by atoms with van der Waals surface area (Å²) < 4.78 is 1.09. The van der Waals surface area contributed by atoms with Crippen molar-refractivity contribution in [2.75, 3.05) is 33.7 Å². The van der Waals surface area contributed by atoms with E-state index >= 15 is 0 Å². The molecule has 0 heterocycles. The van der Waals surface area contributed by atoms with Crippen molar-refractivity contribution in [2.45, 2.75) is 20.3 Å². The van der Waals surface area contributed by atoms with E-state index in [0.29, 0.717) is 0 Å². The fourth-order valence-corrected chi connectivity index (χ4v) is 0.677. The van der Waals surface area contributed by atoms with Crippen LogP contribution in [0.25, 0.3) is 0 Å². The van der Waals surface area contributed by atoms with E-state index in [1.807, 2.05) is 0 Å². The van der Waals surface area contributed by atoms with E-state index in [0.717, 1.165) is 24.4 Å². The molecule has 0 aromatic carbocycles. The minimum atomic E-state index is -1.08. The summed E-state index contributed by atoms with van der Waals surface area (Å²) in [6, 6.07) is 0. The second-order valence-corrected chi connectivity index (χ2v) is 3.61. The lowest BCUT2D eigenvalue weighted by Gasteiger charge is -2.27. The van der Waals surface area contributed by atoms with Gasteiger partial charge in [-0.1, -0.05) is 0 Å². The number of carbonyl (C=O) groups is 1. The van der Waals surface area contributed by atoms with E-state index in [2.05, 4.69) is 21.0 Å². The molecule has 0 atom stereocenters. The zero-order valence-corrected chi connectivity index (χ0v) is 9.17. The van der Waals surface area contributed by atoms with E-state index in [4.69, 9.17) is 15.6 Å². The molecule has 0 amide bonds. The summed E-state index contributed by atoms with van der Waals surface area (Å²) in [5.74, 6) is -1.08. The van der Waals surface area contributed by atoms with Crippen molar-refractivity contribution in [1.82, 2.24) is 0 Å². The summed E-state index contributed by atoms with van der Waals surface area (Å²) in [5.41, 5.74) is 5.38. The van der Waals surface area contributed by atoms with Crippen LogP contribution in [-0.2, 0) is 4.79 Å². The highest BCUT2D eigenvalue weighted by Gasteiger charge is 2.08. The van der Waals surface area contributed by atoms with Gasteiger partial charge in [0.05, 0.1) is 27.2 Å². The number of nitrogens with two attached hydrogens (primary N) is 1. The maximum atomic E-state index is 8.89. The number of nitrogens with zero attached hydrogens (tertiary/aromatic N) is 1. The molecule has 13 heavy (non-hydrogen) atoms. The van der Waals surface area contributed by atoms with Crippen molar-refractivity contribution in [2.24, 2.45) is 5.73 Å². The van der Waals surface area contributed by atoms with Crippen LogP contribution in [0.5, 0.6) is 0 Å². The predicted molar refractivity (Wildman–Crippen MR) is 51.9 cm³/mol. The third-order valence-electron chi connectivity index (χ3n) is 1.82. The summed E-state index contributed by atoms with van der Waals surface area (Å²) in [7, 11) is 4.46. The number of rotatable bonds is 4. The number of hydrogen-bond donors (Lipinski definition) is 1. The number of aliphatic carboxylic acids is 1. The first-order chi connectivity index (χ1) is 5.85. The Morgan fingerprint density at radius 3 is 2.08 bits per heavy atom. The lowest BCUT2D eigenvalue weighted by Crippen LogP contribution is -2.40. The standard InChI is InChI=1S/C7H19N2.C2H4O2/c1-4-9(2,3)7-5-6-8;1-2(3)4/h4-8H2,1-3H3;1H3,(H,3,4)/q+1;/p-1. The molecule has 0 aliphatic rings. The number of carboxylic acids is 1. The lowest BCUT2D eigenvalue weighted by molar-refractivity contribution is -0.888. The molecule has 0 unspecified atom stereocenters. The molecule has 0 aromatic rings. The molecule has 80 valence electrons. The molecule has 2 N–H and O–H groups in total. The Labute approximate surface area is 80.9 Å². The van der Waals surface area contributed by atoms with Gasteiger partial charge in [0.15, 0.2) is 0 Å². The van der Waals surface area contributed by atoms with Gasteiger partial charge in [0.1, 0.15) is 0 Å². The molecule has 0 saturated heterocycles. The first-order valence-electron chi connectivity index (χ1n) is 4.55. The average molecular weight is 190 g/mol. The summed E-state index contributed by atoms with van der Waals surface area (Å²) in [6.45, 7) is 6.39. The quantitative estimate of drug-likeness (QED) is 0.589. The number of carbonyl (C=O) groups excluding carboxylic acids is 1. The summed E-state index contributed by atoms with van der Waals surface area (Å²) in [6.07, 6.45) is 1.14.